The first-order chi connectivity index (χ1) is 12.6. The summed E-state index contributed by atoms with van der Waals surface area (Å²) in [6.45, 7) is 9.45. The number of rotatable bonds is 6. The van der Waals surface area contributed by atoms with E-state index < -0.39 is 5.95 Å². The van der Waals surface area contributed by atoms with Gasteiger partial charge < -0.3 is 15.1 Å². The van der Waals surface area contributed by atoms with E-state index in [0.717, 1.165) is 41.6 Å². The lowest BCUT2D eigenvalue weighted by molar-refractivity contribution is 0.266. The number of anilines is 1. The van der Waals surface area contributed by atoms with Gasteiger partial charge in [-0.05, 0) is 46.3 Å². The molecule has 1 saturated heterocycles. The summed E-state index contributed by atoms with van der Waals surface area (Å²) in [5.74, 6) is 0.450. The average molecular weight is 393 g/mol. The quantitative estimate of drug-likeness (QED) is 0.743. The van der Waals surface area contributed by atoms with Gasteiger partial charge in [0.25, 0.3) is 0 Å². The molecule has 1 atom stereocenters. The van der Waals surface area contributed by atoms with Gasteiger partial charge in [-0.3, -0.25) is 0 Å². The van der Waals surface area contributed by atoms with Crippen molar-refractivity contribution in [1.29, 1.82) is 0 Å². The van der Waals surface area contributed by atoms with Crippen molar-refractivity contribution in [3.63, 3.8) is 0 Å². The van der Waals surface area contributed by atoms with Gasteiger partial charge in [0.15, 0.2) is 0 Å². The molecule has 1 aromatic carbocycles. The fraction of sp³-hybridized carbons (Fsp3) is 0.316. The molecule has 1 N–H and O–H groups in total. The van der Waals surface area contributed by atoms with Gasteiger partial charge in [0.2, 0.25) is 5.95 Å². The van der Waals surface area contributed by atoms with Crippen molar-refractivity contribution in [2.75, 3.05) is 24.5 Å². The minimum atomic E-state index is -0.445. The van der Waals surface area contributed by atoms with Crippen LogP contribution in [0.3, 0.4) is 0 Å². The molecular weight excluding hydrogens is 371 g/mol. The van der Waals surface area contributed by atoms with Gasteiger partial charge in [-0.2, -0.15) is 4.39 Å². The Morgan fingerprint density at radius 1 is 1.38 bits per heavy atom. The van der Waals surface area contributed by atoms with E-state index in [4.69, 9.17) is 10.7 Å². The third kappa shape index (κ3) is 4.43. The molecule has 0 aliphatic carbocycles. The molecule has 7 heteroatoms. The molecule has 1 aliphatic heterocycles. The SMILES string of the molecule is C=C(NCc1ccccc1SCl)N1CCN(c2ccnc(F)c2)C(C)C1. The lowest BCUT2D eigenvalue weighted by atomic mass is 10.1. The predicted molar refractivity (Wildman–Crippen MR) is 107 cm³/mol. The Bertz CT molecular complexity index is 773. The van der Waals surface area contributed by atoms with Gasteiger partial charge in [0, 0.05) is 55.1 Å². The second kappa shape index (κ2) is 8.64. The van der Waals surface area contributed by atoms with E-state index in [1.165, 1.54) is 23.2 Å². The number of benzene rings is 1. The first kappa shape index (κ1) is 18.9. The number of halogens is 2. The van der Waals surface area contributed by atoms with Crippen molar-refractivity contribution < 1.29 is 4.39 Å². The Balaban J connectivity index is 1.57. The third-order valence-corrected chi connectivity index (χ3v) is 5.65. The molecular formula is C19H22ClFN4S. The molecule has 4 nitrogen and oxygen atoms in total. The zero-order valence-electron chi connectivity index (χ0n) is 14.7. The molecule has 1 unspecified atom stereocenters. The zero-order valence-corrected chi connectivity index (χ0v) is 16.2. The number of nitrogens with one attached hydrogen (secondary N) is 1. The number of hydrogen-bond donors (Lipinski definition) is 1. The third-order valence-electron chi connectivity index (χ3n) is 4.59. The summed E-state index contributed by atoms with van der Waals surface area (Å²) in [5, 5.41) is 3.40. The molecule has 0 amide bonds. The van der Waals surface area contributed by atoms with Crippen molar-refractivity contribution in [3.05, 3.63) is 66.5 Å². The lowest BCUT2D eigenvalue weighted by Gasteiger charge is -2.42. The average Bonchev–Trinajstić information content (AvgIpc) is 2.66. The second-order valence-corrected chi connectivity index (χ2v) is 7.37. The highest BCUT2D eigenvalue weighted by Gasteiger charge is 2.25. The number of pyridine rings is 1. The van der Waals surface area contributed by atoms with Crippen LogP contribution in [0.25, 0.3) is 0 Å². The molecule has 2 heterocycles. The Hall–Kier alpha value is -1.92. The Labute approximate surface area is 162 Å². The van der Waals surface area contributed by atoms with Crippen molar-refractivity contribution in [1.82, 2.24) is 15.2 Å². The molecule has 3 rings (SSSR count). The van der Waals surface area contributed by atoms with E-state index in [1.54, 1.807) is 0 Å². The smallest absolute Gasteiger partial charge is 0.214 e. The van der Waals surface area contributed by atoms with E-state index in [2.05, 4.69) is 39.7 Å². The van der Waals surface area contributed by atoms with Crippen LogP contribution in [0.2, 0.25) is 0 Å². The Kier molecular flexibility index (Phi) is 6.27. The van der Waals surface area contributed by atoms with Crippen molar-refractivity contribution >= 4 is 27.3 Å². The summed E-state index contributed by atoms with van der Waals surface area (Å²) in [7, 11) is 7.15. The van der Waals surface area contributed by atoms with Crippen molar-refractivity contribution in [3.8, 4) is 0 Å². The van der Waals surface area contributed by atoms with E-state index >= 15 is 0 Å². The lowest BCUT2D eigenvalue weighted by Crippen LogP contribution is -2.52. The van der Waals surface area contributed by atoms with E-state index in [0.29, 0.717) is 6.54 Å². The van der Waals surface area contributed by atoms with Crippen LogP contribution >= 0.6 is 21.7 Å². The van der Waals surface area contributed by atoms with Crippen LogP contribution in [0.15, 0.2) is 59.9 Å². The Morgan fingerprint density at radius 2 is 2.19 bits per heavy atom. The van der Waals surface area contributed by atoms with Crippen LogP contribution in [0.1, 0.15) is 12.5 Å². The van der Waals surface area contributed by atoms with E-state index in [-0.39, 0.29) is 6.04 Å². The summed E-state index contributed by atoms with van der Waals surface area (Å²) >= 11 is 0. The largest absolute Gasteiger partial charge is 0.368 e. The number of aromatic nitrogens is 1. The van der Waals surface area contributed by atoms with Gasteiger partial charge in [-0.25, -0.2) is 4.98 Å². The molecule has 0 radical (unpaired) electrons. The van der Waals surface area contributed by atoms with E-state index in [9.17, 15) is 4.39 Å². The van der Waals surface area contributed by atoms with Gasteiger partial charge >= 0.3 is 0 Å². The molecule has 26 heavy (non-hydrogen) atoms. The zero-order chi connectivity index (χ0) is 18.5. The van der Waals surface area contributed by atoms with Crippen molar-refractivity contribution in [2.24, 2.45) is 0 Å². The molecule has 1 aromatic heterocycles. The minimum Gasteiger partial charge on any atom is -0.368 e. The molecule has 138 valence electrons. The summed E-state index contributed by atoms with van der Waals surface area (Å²) in [6, 6.07) is 11.6. The highest BCUT2D eigenvalue weighted by molar-refractivity contribution is 8.21. The monoisotopic (exact) mass is 392 g/mol. The Morgan fingerprint density at radius 3 is 2.92 bits per heavy atom. The van der Waals surface area contributed by atoms with Crippen LogP contribution in [0.5, 0.6) is 0 Å². The van der Waals surface area contributed by atoms with Crippen LogP contribution < -0.4 is 10.2 Å². The normalized spacial score (nSPS) is 17.3. The van der Waals surface area contributed by atoms with Gasteiger partial charge in [-0.15, -0.1) is 0 Å². The van der Waals surface area contributed by atoms with Crippen molar-refractivity contribution in [2.45, 2.75) is 24.4 Å². The summed E-state index contributed by atoms with van der Waals surface area (Å²) in [5.41, 5.74) is 2.02. The van der Waals surface area contributed by atoms with Crippen LogP contribution in [-0.4, -0.2) is 35.6 Å². The van der Waals surface area contributed by atoms with Crippen LogP contribution in [-0.2, 0) is 6.54 Å². The maximum absolute atomic E-state index is 13.4. The standard InChI is InChI=1S/C19H22ClFN4S/c1-14-13-24(9-10-25(14)17-7-8-22-19(21)11-17)15(2)23-12-16-5-3-4-6-18(16)26-20/h3-8,11,14,23H,2,9-10,12-13H2,1H3. The minimum absolute atomic E-state index is 0.245. The predicted octanol–water partition coefficient (Wildman–Crippen LogP) is 4.24. The van der Waals surface area contributed by atoms with Gasteiger partial charge in [0.05, 0.1) is 5.82 Å². The first-order valence-corrected chi connectivity index (χ1v) is 10.1. The summed E-state index contributed by atoms with van der Waals surface area (Å²) < 4.78 is 13.4. The molecule has 0 saturated carbocycles. The van der Waals surface area contributed by atoms with Gasteiger partial charge in [0.1, 0.15) is 0 Å². The maximum atomic E-state index is 13.4. The molecule has 0 bridgehead atoms. The topological polar surface area (TPSA) is 31.4 Å². The molecule has 2 aromatic rings. The fourth-order valence-electron chi connectivity index (χ4n) is 3.19. The second-order valence-electron chi connectivity index (χ2n) is 6.31. The summed E-state index contributed by atoms with van der Waals surface area (Å²) in [6.07, 6.45) is 1.51. The first-order valence-electron chi connectivity index (χ1n) is 8.51. The number of piperazine rings is 1. The molecule has 1 fully saturated rings. The molecule has 0 spiro atoms. The highest BCUT2D eigenvalue weighted by Crippen LogP contribution is 2.26. The number of nitrogens with zero attached hydrogens (tertiary/aromatic N) is 3. The summed E-state index contributed by atoms with van der Waals surface area (Å²) in [4.78, 5) is 9.11. The maximum Gasteiger partial charge on any atom is 0.214 e. The van der Waals surface area contributed by atoms with Crippen LogP contribution in [0.4, 0.5) is 10.1 Å². The number of hydrogen-bond acceptors (Lipinski definition) is 5. The highest BCUT2D eigenvalue weighted by atomic mass is 35.7. The van der Waals surface area contributed by atoms with E-state index in [1.807, 2.05) is 24.3 Å². The fourth-order valence-corrected chi connectivity index (χ4v) is 4.01. The van der Waals surface area contributed by atoms with Crippen LogP contribution in [0, 0.1) is 5.95 Å². The molecule has 1 aliphatic rings. The van der Waals surface area contributed by atoms with Gasteiger partial charge in [-0.1, -0.05) is 24.8 Å².